The molecule has 1 fully saturated rings. The monoisotopic (exact) mass is 531 g/mol. The van der Waals surface area contributed by atoms with E-state index in [0.717, 1.165) is 30.1 Å². The number of azo groups is 1. The third-order valence-corrected chi connectivity index (χ3v) is 7.80. The molecule has 36 heavy (non-hydrogen) atoms. The van der Waals surface area contributed by atoms with Crippen molar-refractivity contribution in [3.05, 3.63) is 44.9 Å². The average molecular weight is 532 g/mol. The molecule has 0 radical (unpaired) electrons. The van der Waals surface area contributed by atoms with Crippen molar-refractivity contribution in [1.82, 2.24) is 25.4 Å². The highest BCUT2D eigenvalue weighted by molar-refractivity contribution is 7.13. The van der Waals surface area contributed by atoms with Crippen LogP contribution in [-0.2, 0) is 17.8 Å². The van der Waals surface area contributed by atoms with Gasteiger partial charge in [-0.1, -0.05) is 16.7 Å². The molecule has 0 saturated heterocycles. The molecule has 2 N–H and O–H groups in total. The van der Waals surface area contributed by atoms with Crippen LogP contribution in [0.5, 0.6) is 0 Å². The van der Waals surface area contributed by atoms with Crippen LogP contribution in [0, 0.1) is 5.92 Å². The quantitative estimate of drug-likeness (QED) is 0.571. The first-order chi connectivity index (χ1) is 17.2. The van der Waals surface area contributed by atoms with Gasteiger partial charge in [0.15, 0.2) is 5.01 Å². The van der Waals surface area contributed by atoms with E-state index in [-0.39, 0.29) is 17.7 Å². The van der Waals surface area contributed by atoms with Gasteiger partial charge < -0.3 is 20.4 Å². The van der Waals surface area contributed by atoms with Crippen LogP contribution in [0.25, 0.3) is 0 Å². The number of halogens is 1. The van der Waals surface area contributed by atoms with E-state index >= 15 is 0 Å². The van der Waals surface area contributed by atoms with Crippen molar-refractivity contribution in [3.8, 4) is 0 Å². The predicted molar refractivity (Wildman–Crippen MR) is 138 cm³/mol. The minimum atomic E-state index is -0.612. The Bertz CT molecular complexity index is 1150. The molecule has 1 aromatic heterocycles. The Hall–Kier alpha value is -2.89. The lowest BCUT2D eigenvalue weighted by molar-refractivity contribution is -0.134. The minimum absolute atomic E-state index is 0.00852. The summed E-state index contributed by atoms with van der Waals surface area (Å²) in [6, 6.07) is 5.20. The fourth-order valence-electron chi connectivity index (χ4n) is 4.54. The molecule has 1 aromatic carbocycles. The summed E-state index contributed by atoms with van der Waals surface area (Å²) in [6.45, 7) is 1.69. The summed E-state index contributed by atoms with van der Waals surface area (Å²) >= 11 is 7.27. The normalized spacial score (nSPS) is 22.2. The number of benzene rings is 1. The second kappa shape index (κ2) is 11.4. The molecule has 2 aliphatic rings. The Labute approximate surface area is 219 Å². The molecule has 0 unspecified atom stereocenters. The molecule has 4 amide bonds. The topological polar surface area (TPSA) is 119 Å². The van der Waals surface area contributed by atoms with Crippen LogP contribution in [0.1, 0.15) is 39.6 Å². The Balaban J connectivity index is 1.46. The first-order valence-corrected chi connectivity index (χ1v) is 13.1. The lowest BCUT2D eigenvalue weighted by Crippen LogP contribution is -2.55. The van der Waals surface area contributed by atoms with Crippen LogP contribution in [0.2, 0.25) is 5.02 Å². The number of likely N-dealkylation sites (N-methyl/N-ethyl adjacent to an activating group) is 1. The highest BCUT2D eigenvalue weighted by atomic mass is 35.5. The first kappa shape index (κ1) is 26.2. The van der Waals surface area contributed by atoms with Gasteiger partial charge in [-0.05, 0) is 50.6 Å². The van der Waals surface area contributed by atoms with Crippen molar-refractivity contribution in [3.63, 3.8) is 0 Å². The van der Waals surface area contributed by atoms with Gasteiger partial charge in [-0.2, -0.15) is 0 Å². The summed E-state index contributed by atoms with van der Waals surface area (Å²) in [5.74, 6) is -0.524. The molecule has 12 heteroatoms. The number of hydrogen-bond donors (Lipinski definition) is 2. The standard InChI is InChI=1S/C24H30ClN7O3S/c1-31(2)23(34)14-4-9-17(28-24(35)30-29-16-7-5-15(25)6-8-16)19(12-14)26-21(33)22-27-18-10-11-32(3)13-20(18)36-22/h5-8,14,17,19H,4,9-13H2,1-3H3,(H,26,33)(H,28,35)/t14-,17-,19+/m0/s1. The lowest BCUT2D eigenvalue weighted by Gasteiger charge is -2.36. The van der Waals surface area contributed by atoms with Crippen molar-refractivity contribution in [2.24, 2.45) is 16.1 Å². The van der Waals surface area contributed by atoms with Crippen LogP contribution in [0.15, 0.2) is 34.5 Å². The molecule has 4 rings (SSSR count). The predicted octanol–water partition coefficient (Wildman–Crippen LogP) is 3.63. The maximum atomic E-state index is 13.2. The zero-order chi connectivity index (χ0) is 25.8. The van der Waals surface area contributed by atoms with Crippen molar-refractivity contribution >= 4 is 46.5 Å². The summed E-state index contributed by atoms with van der Waals surface area (Å²) < 4.78 is 0. The van der Waals surface area contributed by atoms with E-state index in [1.807, 2.05) is 7.05 Å². The molecule has 0 spiro atoms. The van der Waals surface area contributed by atoms with Crippen LogP contribution in [0.3, 0.4) is 0 Å². The first-order valence-electron chi connectivity index (χ1n) is 11.9. The van der Waals surface area contributed by atoms with Crippen LogP contribution >= 0.6 is 22.9 Å². The summed E-state index contributed by atoms with van der Waals surface area (Å²) in [4.78, 5) is 47.8. The van der Waals surface area contributed by atoms with Crippen molar-refractivity contribution in [2.45, 2.75) is 44.3 Å². The van der Waals surface area contributed by atoms with Gasteiger partial charge >= 0.3 is 6.03 Å². The third kappa shape index (κ3) is 6.45. The van der Waals surface area contributed by atoms with Gasteiger partial charge in [-0.15, -0.1) is 16.5 Å². The van der Waals surface area contributed by atoms with Gasteiger partial charge in [0.1, 0.15) is 0 Å². The summed E-state index contributed by atoms with van der Waals surface area (Å²) in [6.07, 6.45) is 2.35. The summed E-state index contributed by atoms with van der Waals surface area (Å²) in [7, 11) is 5.49. The molecule has 1 aliphatic heterocycles. The van der Waals surface area contributed by atoms with E-state index in [1.165, 1.54) is 11.3 Å². The van der Waals surface area contributed by atoms with Crippen molar-refractivity contribution < 1.29 is 14.4 Å². The molecule has 1 aliphatic carbocycles. The van der Waals surface area contributed by atoms with E-state index in [4.69, 9.17) is 11.6 Å². The molecule has 2 aromatic rings. The molecule has 10 nitrogen and oxygen atoms in total. The van der Waals surface area contributed by atoms with Crippen LogP contribution in [0.4, 0.5) is 10.5 Å². The fraction of sp³-hybridized carbons (Fsp3) is 0.500. The van der Waals surface area contributed by atoms with E-state index in [2.05, 4.69) is 30.7 Å². The van der Waals surface area contributed by atoms with Gasteiger partial charge in [0.2, 0.25) is 5.91 Å². The number of carbonyl (C=O) groups excluding carboxylic acids is 3. The van der Waals surface area contributed by atoms with Crippen LogP contribution in [-0.4, -0.2) is 72.4 Å². The fourth-order valence-corrected chi connectivity index (χ4v) is 5.76. The number of aromatic nitrogens is 1. The Kier molecular flexibility index (Phi) is 8.32. The van der Waals surface area contributed by atoms with Gasteiger partial charge in [0.25, 0.3) is 5.91 Å². The van der Waals surface area contributed by atoms with Crippen molar-refractivity contribution in [2.75, 3.05) is 27.7 Å². The zero-order valence-corrected chi connectivity index (χ0v) is 22.1. The highest BCUT2D eigenvalue weighted by Crippen LogP contribution is 2.28. The SMILES string of the molecule is CN1CCc2nc(C(=O)N[C@@H]3C[C@@H](C(=O)N(C)C)CC[C@@H]3NC(=O)N=Nc3ccc(Cl)cc3)sc2C1. The van der Waals surface area contributed by atoms with E-state index in [9.17, 15) is 14.4 Å². The number of amides is 4. The Morgan fingerprint density at radius 1 is 1.14 bits per heavy atom. The van der Waals surface area contributed by atoms with Crippen LogP contribution < -0.4 is 10.6 Å². The van der Waals surface area contributed by atoms with E-state index in [1.54, 1.807) is 43.3 Å². The van der Waals surface area contributed by atoms with E-state index < -0.39 is 18.1 Å². The molecule has 2 heterocycles. The number of fused-ring (bicyclic) bond motifs is 1. The maximum Gasteiger partial charge on any atom is 0.359 e. The lowest BCUT2D eigenvalue weighted by atomic mass is 9.81. The third-order valence-electron chi connectivity index (χ3n) is 6.46. The second-order valence-electron chi connectivity index (χ2n) is 9.43. The molecule has 0 bridgehead atoms. The van der Waals surface area contributed by atoms with Crippen molar-refractivity contribution in [1.29, 1.82) is 0 Å². The van der Waals surface area contributed by atoms with E-state index in [0.29, 0.717) is 35.0 Å². The minimum Gasteiger partial charge on any atom is -0.349 e. The number of carbonyl (C=O) groups is 3. The number of nitrogens with one attached hydrogen (secondary N) is 2. The molecular formula is C24H30ClN7O3S. The highest BCUT2D eigenvalue weighted by Gasteiger charge is 2.37. The zero-order valence-electron chi connectivity index (χ0n) is 20.5. The smallest absolute Gasteiger partial charge is 0.349 e. The Morgan fingerprint density at radius 2 is 1.89 bits per heavy atom. The van der Waals surface area contributed by atoms with Gasteiger partial charge in [0.05, 0.1) is 23.5 Å². The molecule has 3 atom stereocenters. The average Bonchev–Trinajstić information content (AvgIpc) is 3.27. The number of nitrogens with zero attached hydrogens (tertiary/aromatic N) is 5. The van der Waals surface area contributed by atoms with Gasteiger partial charge in [0, 0.05) is 49.4 Å². The van der Waals surface area contributed by atoms with Gasteiger partial charge in [-0.25, -0.2) is 9.78 Å². The maximum absolute atomic E-state index is 13.2. The second-order valence-corrected chi connectivity index (χ2v) is 11.0. The molecular weight excluding hydrogens is 502 g/mol. The number of rotatable bonds is 5. The molecule has 192 valence electrons. The summed E-state index contributed by atoms with van der Waals surface area (Å²) in [5, 5.41) is 14.6. The number of hydrogen-bond acceptors (Lipinski definition) is 7. The summed E-state index contributed by atoms with van der Waals surface area (Å²) in [5.41, 5.74) is 1.47. The number of thiazole rings is 1. The Morgan fingerprint density at radius 3 is 2.61 bits per heavy atom. The number of urea groups is 1. The molecule has 1 saturated carbocycles. The largest absolute Gasteiger partial charge is 0.359 e. The van der Waals surface area contributed by atoms with Gasteiger partial charge in [-0.3, -0.25) is 9.59 Å².